The Kier molecular flexibility index (Phi) is 3.41. The van der Waals surface area contributed by atoms with Crippen LogP contribution in [0, 0.1) is 5.92 Å². The number of amides is 1. The predicted molar refractivity (Wildman–Crippen MR) is 85.4 cm³/mol. The molecule has 4 heteroatoms. The second-order valence-electron chi connectivity index (χ2n) is 6.45. The molecule has 3 heterocycles. The Balaban J connectivity index is 1.59. The minimum atomic E-state index is 0.00135. The molecule has 0 bridgehead atoms. The van der Waals surface area contributed by atoms with Crippen LogP contribution in [0.2, 0.25) is 0 Å². The number of hydrogen-bond donors (Lipinski definition) is 1. The standard InChI is InChI=1S/C18H22N2O2/c1-2-12-7-8-17(21)20-14(11-22-18(12)20)9-13-10-19-16-6-4-3-5-15(13)16/h3-6,10,12,14,18-19H,2,7-9,11H2,1H3/t12-,14+,18+/m0/s1. The van der Waals surface area contributed by atoms with E-state index >= 15 is 0 Å². The molecule has 1 N–H and O–H groups in total. The van der Waals surface area contributed by atoms with Gasteiger partial charge in [-0.15, -0.1) is 0 Å². The van der Waals surface area contributed by atoms with E-state index in [9.17, 15) is 4.79 Å². The molecule has 2 saturated heterocycles. The van der Waals surface area contributed by atoms with Gasteiger partial charge in [0.15, 0.2) is 0 Å². The van der Waals surface area contributed by atoms with E-state index in [1.165, 1.54) is 10.9 Å². The van der Waals surface area contributed by atoms with Crippen LogP contribution >= 0.6 is 0 Å². The van der Waals surface area contributed by atoms with Crippen LogP contribution < -0.4 is 0 Å². The van der Waals surface area contributed by atoms with Crippen molar-refractivity contribution in [2.75, 3.05) is 6.61 Å². The number of aromatic amines is 1. The molecule has 0 spiro atoms. The number of hydrogen-bond acceptors (Lipinski definition) is 2. The van der Waals surface area contributed by atoms with Gasteiger partial charge in [-0.3, -0.25) is 4.79 Å². The van der Waals surface area contributed by atoms with Crippen molar-refractivity contribution in [1.29, 1.82) is 0 Å². The molecule has 1 aromatic carbocycles. The third-order valence-electron chi connectivity index (χ3n) is 5.20. The van der Waals surface area contributed by atoms with Gasteiger partial charge < -0.3 is 14.6 Å². The molecule has 1 aromatic heterocycles. The largest absolute Gasteiger partial charge is 0.361 e. The number of piperidine rings is 1. The average Bonchev–Trinajstić information content (AvgIpc) is 3.14. The number of fused-ring (bicyclic) bond motifs is 2. The first kappa shape index (κ1) is 13.8. The van der Waals surface area contributed by atoms with Gasteiger partial charge >= 0.3 is 0 Å². The van der Waals surface area contributed by atoms with Crippen LogP contribution in [0.5, 0.6) is 0 Å². The maximum atomic E-state index is 12.4. The number of rotatable bonds is 3. The molecule has 2 aromatic rings. The fourth-order valence-corrected chi connectivity index (χ4v) is 3.98. The third kappa shape index (κ3) is 2.13. The summed E-state index contributed by atoms with van der Waals surface area (Å²) in [7, 11) is 0. The van der Waals surface area contributed by atoms with Crippen LogP contribution in [0.25, 0.3) is 10.9 Å². The number of aromatic nitrogens is 1. The number of carbonyl (C=O) groups excluding carboxylic acids is 1. The third-order valence-corrected chi connectivity index (χ3v) is 5.20. The zero-order valence-electron chi connectivity index (χ0n) is 12.9. The van der Waals surface area contributed by atoms with Crippen LogP contribution in [-0.4, -0.2) is 34.7 Å². The highest BCUT2D eigenvalue weighted by Gasteiger charge is 2.44. The van der Waals surface area contributed by atoms with Crippen molar-refractivity contribution in [2.45, 2.75) is 44.9 Å². The molecule has 0 saturated carbocycles. The van der Waals surface area contributed by atoms with Crippen LogP contribution in [0.4, 0.5) is 0 Å². The van der Waals surface area contributed by atoms with Gasteiger partial charge in [0.1, 0.15) is 6.23 Å². The quantitative estimate of drug-likeness (QED) is 0.946. The fourth-order valence-electron chi connectivity index (χ4n) is 3.98. The molecule has 1 amide bonds. The van der Waals surface area contributed by atoms with Gasteiger partial charge in [0.2, 0.25) is 5.91 Å². The number of H-pyrrole nitrogens is 1. The molecule has 22 heavy (non-hydrogen) atoms. The highest BCUT2D eigenvalue weighted by atomic mass is 16.5. The summed E-state index contributed by atoms with van der Waals surface area (Å²) in [6.45, 7) is 2.85. The highest BCUT2D eigenvalue weighted by Crippen LogP contribution is 2.35. The molecule has 4 nitrogen and oxygen atoms in total. The van der Waals surface area contributed by atoms with Crippen LogP contribution in [-0.2, 0) is 16.0 Å². The van der Waals surface area contributed by atoms with Crippen LogP contribution in [0.1, 0.15) is 31.7 Å². The minimum Gasteiger partial charge on any atom is -0.361 e. The highest BCUT2D eigenvalue weighted by molar-refractivity contribution is 5.83. The van der Waals surface area contributed by atoms with Gasteiger partial charge in [0, 0.05) is 29.4 Å². The van der Waals surface area contributed by atoms with E-state index in [0.717, 1.165) is 24.8 Å². The minimum absolute atomic E-state index is 0.00135. The molecule has 4 rings (SSSR count). The molecule has 2 aliphatic heterocycles. The lowest BCUT2D eigenvalue weighted by Crippen LogP contribution is -2.49. The Bertz CT molecular complexity index is 693. The molecule has 0 aliphatic carbocycles. The second-order valence-corrected chi connectivity index (χ2v) is 6.45. The Morgan fingerprint density at radius 3 is 3.09 bits per heavy atom. The van der Waals surface area contributed by atoms with E-state index in [2.05, 4.69) is 36.3 Å². The predicted octanol–water partition coefficient (Wildman–Crippen LogP) is 3.08. The first-order valence-corrected chi connectivity index (χ1v) is 8.25. The van der Waals surface area contributed by atoms with E-state index in [-0.39, 0.29) is 18.2 Å². The maximum Gasteiger partial charge on any atom is 0.224 e. The summed E-state index contributed by atoms with van der Waals surface area (Å²) in [5.74, 6) is 0.753. The Hall–Kier alpha value is -1.81. The van der Waals surface area contributed by atoms with E-state index in [4.69, 9.17) is 4.74 Å². The van der Waals surface area contributed by atoms with Gasteiger partial charge in [0.05, 0.1) is 12.6 Å². The van der Waals surface area contributed by atoms with E-state index in [0.29, 0.717) is 18.9 Å². The summed E-state index contributed by atoms with van der Waals surface area (Å²) < 4.78 is 6.00. The van der Waals surface area contributed by atoms with Crippen molar-refractivity contribution in [2.24, 2.45) is 5.92 Å². The lowest BCUT2D eigenvalue weighted by atomic mass is 9.92. The normalized spacial score (nSPS) is 28.3. The molecular weight excluding hydrogens is 276 g/mol. The Morgan fingerprint density at radius 1 is 1.36 bits per heavy atom. The first-order valence-electron chi connectivity index (χ1n) is 8.25. The average molecular weight is 298 g/mol. The molecule has 0 unspecified atom stereocenters. The summed E-state index contributed by atoms with van der Waals surface area (Å²) in [4.78, 5) is 17.7. The maximum absolute atomic E-state index is 12.4. The number of ether oxygens (including phenoxy) is 1. The lowest BCUT2D eigenvalue weighted by Gasteiger charge is -2.37. The van der Waals surface area contributed by atoms with Crippen molar-refractivity contribution < 1.29 is 9.53 Å². The molecule has 2 fully saturated rings. The van der Waals surface area contributed by atoms with Crippen molar-refractivity contribution in [3.05, 3.63) is 36.0 Å². The van der Waals surface area contributed by atoms with E-state index in [1.807, 2.05) is 11.0 Å². The van der Waals surface area contributed by atoms with Crippen molar-refractivity contribution in [3.63, 3.8) is 0 Å². The van der Waals surface area contributed by atoms with E-state index < -0.39 is 0 Å². The lowest BCUT2D eigenvalue weighted by molar-refractivity contribution is -0.147. The van der Waals surface area contributed by atoms with Gasteiger partial charge in [-0.05, 0) is 30.9 Å². The van der Waals surface area contributed by atoms with Crippen LogP contribution in [0.15, 0.2) is 30.5 Å². The summed E-state index contributed by atoms with van der Waals surface area (Å²) in [6.07, 6.45) is 5.65. The topological polar surface area (TPSA) is 45.3 Å². The number of nitrogens with zero attached hydrogens (tertiary/aromatic N) is 1. The number of nitrogens with one attached hydrogen (secondary N) is 1. The van der Waals surface area contributed by atoms with Gasteiger partial charge in [-0.1, -0.05) is 25.1 Å². The monoisotopic (exact) mass is 298 g/mol. The number of para-hydroxylation sites is 1. The Morgan fingerprint density at radius 2 is 2.23 bits per heavy atom. The van der Waals surface area contributed by atoms with E-state index in [1.54, 1.807) is 0 Å². The molecule has 116 valence electrons. The van der Waals surface area contributed by atoms with Crippen molar-refractivity contribution in [1.82, 2.24) is 9.88 Å². The summed E-state index contributed by atoms with van der Waals surface area (Å²) in [5.41, 5.74) is 2.43. The fraction of sp³-hybridized carbons (Fsp3) is 0.500. The zero-order valence-corrected chi connectivity index (χ0v) is 12.9. The summed E-state index contributed by atoms with van der Waals surface area (Å²) >= 11 is 0. The summed E-state index contributed by atoms with van der Waals surface area (Å²) in [5, 5.41) is 1.25. The second kappa shape index (κ2) is 5.43. The summed E-state index contributed by atoms with van der Waals surface area (Å²) in [6, 6.07) is 8.50. The Labute approximate surface area is 130 Å². The molecular formula is C18H22N2O2. The van der Waals surface area contributed by atoms with Crippen molar-refractivity contribution in [3.8, 4) is 0 Å². The number of benzene rings is 1. The van der Waals surface area contributed by atoms with Gasteiger partial charge in [-0.25, -0.2) is 0 Å². The van der Waals surface area contributed by atoms with Crippen molar-refractivity contribution >= 4 is 16.8 Å². The smallest absolute Gasteiger partial charge is 0.224 e. The first-order chi connectivity index (χ1) is 10.8. The number of carbonyl (C=O) groups is 1. The van der Waals surface area contributed by atoms with Gasteiger partial charge in [0.25, 0.3) is 0 Å². The van der Waals surface area contributed by atoms with Crippen LogP contribution in [0.3, 0.4) is 0 Å². The van der Waals surface area contributed by atoms with Gasteiger partial charge in [-0.2, -0.15) is 0 Å². The molecule has 3 atom stereocenters. The molecule has 0 radical (unpaired) electrons. The SMILES string of the molecule is CC[C@H]1CCC(=O)N2[C@H](Cc3c[nH]c4ccccc34)CO[C@H]12. The molecule has 2 aliphatic rings. The zero-order chi connectivity index (χ0) is 15.1.